The number of carbonyl (C=O) groups is 2. The molecule has 0 radical (unpaired) electrons. The number of benzene rings is 1. The first-order chi connectivity index (χ1) is 9.47. The molecule has 2 rings (SSSR count). The van der Waals surface area contributed by atoms with Crippen LogP contribution in [0.3, 0.4) is 0 Å². The summed E-state index contributed by atoms with van der Waals surface area (Å²) in [6.07, 6.45) is 2.17. The van der Waals surface area contributed by atoms with Crippen molar-refractivity contribution < 1.29 is 19.1 Å². The Morgan fingerprint density at radius 3 is 2.55 bits per heavy atom. The minimum absolute atomic E-state index is 0.168. The molecule has 1 atom stereocenters. The summed E-state index contributed by atoms with van der Waals surface area (Å²) in [7, 11) is 0. The molecular weight excluding hydrogens is 261 g/mol. The zero-order valence-electron chi connectivity index (χ0n) is 11.2. The third-order valence-electron chi connectivity index (χ3n) is 3.42. The van der Waals surface area contributed by atoms with Gasteiger partial charge >= 0.3 is 5.97 Å². The number of likely N-dealkylation sites (tertiary alicyclic amines) is 1. The van der Waals surface area contributed by atoms with Crippen LogP contribution < -0.4 is 0 Å². The molecule has 1 aromatic rings. The lowest BCUT2D eigenvalue weighted by Crippen LogP contribution is -2.30. The van der Waals surface area contributed by atoms with Crippen LogP contribution in [0.25, 0.3) is 6.08 Å². The molecule has 20 heavy (non-hydrogen) atoms. The Hall–Kier alpha value is -2.17. The van der Waals surface area contributed by atoms with Crippen LogP contribution >= 0.6 is 0 Å². The molecule has 4 nitrogen and oxygen atoms in total. The van der Waals surface area contributed by atoms with Crippen LogP contribution in [-0.2, 0) is 9.59 Å². The van der Waals surface area contributed by atoms with E-state index in [0.29, 0.717) is 18.5 Å². The molecule has 1 unspecified atom stereocenters. The molecule has 0 aliphatic carbocycles. The molecule has 1 aliphatic rings. The number of carboxylic acids is 1. The minimum atomic E-state index is -0.861. The summed E-state index contributed by atoms with van der Waals surface area (Å²) < 4.78 is 12.8. The molecule has 1 aromatic carbocycles. The number of hydrogen-bond acceptors (Lipinski definition) is 2. The van der Waals surface area contributed by atoms with Gasteiger partial charge in [0.2, 0.25) is 5.91 Å². The molecule has 1 heterocycles. The van der Waals surface area contributed by atoms with E-state index in [-0.39, 0.29) is 18.3 Å². The summed E-state index contributed by atoms with van der Waals surface area (Å²) in [5, 5.41) is 8.92. The smallest absolute Gasteiger partial charge is 0.308 e. The van der Waals surface area contributed by atoms with Gasteiger partial charge in [0.1, 0.15) is 5.82 Å². The lowest BCUT2D eigenvalue weighted by atomic mass is 10.1. The van der Waals surface area contributed by atoms with Crippen molar-refractivity contribution in [2.75, 3.05) is 13.1 Å². The van der Waals surface area contributed by atoms with Gasteiger partial charge in [-0.1, -0.05) is 12.1 Å². The normalized spacial score (nSPS) is 19.2. The largest absolute Gasteiger partial charge is 0.481 e. The van der Waals surface area contributed by atoms with Gasteiger partial charge in [-0.15, -0.1) is 0 Å². The standard InChI is InChI=1S/C15H16FNO3/c1-10(8-11-2-4-13(16)5-3-11)14(18)17-7-6-12(9-17)15(19)20/h2-5,8,12H,6-7,9H2,1H3,(H,19,20)/b10-8-. The Kier molecular flexibility index (Phi) is 4.17. The lowest BCUT2D eigenvalue weighted by molar-refractivity contribution is -0.141. The Labute approximate surface area is 116 Å². The van der Waals surface area contributed by atoms with Crippen molar-refractivity contribution in [3.05, 3.63) is 41.2 Å². The Balaban J connectivity index is 2.05. The molecule has 1 aliphatic heterocycles. The second kappa shape index (κ2) is 5.86. The van der Waals surface area contributed by atoms with Gasteiger partial charge in [-0.3, -0.25) is 9.59 Å². The van der Waals surface area contributed by atoms with E-state index in [9.17, 15) is 14.0 Å². The van der Waals surface area contributed by atoms with E-state index < -0.39 is 11.9 Å². The van der Waals surface area contributed by atoms with E-state index >= 15 is 0 Å². The summed E-state index contributed by atoms with van der Waals surface area (Å²) in [4.78, 5) is 24.6. The highest BCUT2D eigenvalue weighted by Gasteiger charge is 2.31. The quantitative estimate of drug-likeness (QED) is 0.861. The molecule has 106 valence electrons. The first-order valence-electron chi connectivity index (χ1n) is 6.43. The number of amides is 1. The van der Waals surface area contributed by atoms with Gasteiger partial charge in [0.05, 0.1) is 5.92 Å². The third kappa shape index (κ3) is 3.23. The number of rotatable bonds is 3. The number of halogens is 1. The second-order valence-corrected chi connectivity index (χ2v) is 4.95. The van der Waals surface area contributed by atoms with Crippen molar-refractivity contribution in [2.24, 2.45) is 5.92 Å². The topological polar surface area (TPSA) is 57.6 Å². The van der Waals surface area contributed by atoms with Crippen LogP contribution in [0.4, 0.5) is 4.39 Å². The van der Waals surface area contributed by atoms with E-state index in [4.69, 9.17) is 5.11 Å². The van der Waals surface area contributed by atoms with Crippen molar-refractivity contribution >= 4 is 18.0 Å². The highest BCUT2D eigenvalue weighted by molar-refractivity contribution is 5.97. The maximum Gasteiger partial charge on any atom is 0.308 e. The fraction of sp³-hybridized carbons (Fsp3) is 0.333. The van der Waals surface area contributed by atoms with Crippen LogP contribution in [0.1, 0.15) is 18.9 Å². The number of aliphatic carboxylic acids is 1. The Morgan fingerprint density at radius 1 is 1.35 bits per heavy atom. The lowest BCUT2D eigenvalue weighted by Gasteiger charge is -2.16. The highest BCUT2D eigenvalue weighted by Crippen LogP contribution is 2.19. The SMILES string of the molecule is C/C(=C/c1ccc(F)cc1)C(=O)N1CCC(C(=O)O)C1. The maximum absolute atomic E-state index is 12.8. The van der Waals surface area contributed by atoms with E-state index in [1.807, 2.05) is 0 Å². The summed E-state index contributed by atoms with van der Waals surface area (Å²) in [5.41, 5.74) is 1.26. The predicted octanol–water partition coefficient (Wildman–Crippen LogP) is 2.16. The van der Waals surface area contributed by atoms with Gasteiger partial charge in [0, 0.05) is 18.7 Å². The fourth-order valence-corrected chi connectivity index (χ4v) is 2.27. The summed E-state index contributed by atoms with van der Waals surface area (Å²) in [6.45, 7) is 2.40. The van der Waals surface area contributed by atoms with E-state index in [2.05, 4.69) is 0 Å². The first-order valence-corrected chi connectivity index (χ1v) is 6.43. The van der Waals surface area contributed by atoms with E-state index in [1.165, 1.54) is 12.1 Å². The first kappa shape index (κ1) is 14.2. The summed E-state index contributed by atoms with van der Waals surface area (Å²) >= 11 is 0. The molecule has 1 amide bonds. The van der Waals surface area contributed by atoms with Gasteiger partial charge < -0.3 is 10.0 Å². The minimum Gasteiger partial charge on any atom is -0.481 e. The van der Waals surface area contributed by atoms with E-state index in [1.54, 1.807) is 30.0 Å². The molecular formula is C15H16FNO3. The summed E-state index contributed by atoms with van der Waals surface area (Å²) in [6, 6.07) is 5.85. The Morgan fingerprint density at radius 2 is 2.00 bits per heavy atom. The van der Waals surface area contributed by atoms with Crippen molar-refractivity contribution in [1.29, 1.82) is 0 Å². The third-order valence-corrected chi connectivity index (χ3v) is 3.42. The van der Waals surface area contributed by atoms with Crippen LogP contribution in [0.5, 0.6) is 0 Å². The molecule has 0 bridgehead atoms. The molecule has 1 fully saturated rings. The molecule has 0 spiro atoms. The highest BCUT2D eigenvalue weighted by atomic mass is 19.1. The molecule has 5 heteroatoms. The van der Waals surface area contributed by atoms with Crippen LogP contribution in [0.15, 0.2) is 29.8 Å². The van der Waals surface area contributed by atoms with Gasteiger partial charge in [-0.2, -0.15) is 0 Å². The van der Waals surface area contributed by atoms with Crippen molar-refractivity contribution in [1.82, 2.24) is 4.90 Å². The van der Waals surface area contributed by atoms with Crippen molar-refractivity contribution in [2.45, 2.75) is 13.3 Å². The van der Waals surface area contributed by atoms with Crippen molar-refractivity contribution in [3.8, 4) is 0 Å². The van der Waals surface area contributed by atoms with Gasteiger partial charge in [0.25, 0.3) is 0 Å². The molecule has 1 saturated heterocycles. The van der Waals surface area contributed by atoms with Gasteiger partial charge in [-0.05, 0) is 37.1 Å². The molecule has 0 saturated carbocycles. The maximum atomic E-state index is 12.8. The van der Waals surface area contributed by atoms with Crippen LogP contribution in [0, 0.1) is 11.7 Å². The van der Waals surface area contributed by atoms with E-state index in [0.717, 1.165) is 5.56 Å². The predicted molar refractivity (Wildman–Crippen MR) is 72.4 cm³/mol. The number of carboxylic acid groups (broad SMARTS) is 1. The number of carbonyl (C=O) groups excluding carboxylic acids is 1. The Bertz CT molecular complexity index is 551. The molecule has 1 N–H and O–H groups in total. The zero-order valence-corrected chi connectivity index (χ0v) is 11.2. The van der Waals surface area contributed by atoms with Crippen molar-refractivity contribution in [3.63, 3.8) is 0 Å². The van der Waals surface area contributed by atoms with Gasteiger partial charge in [-0.25, -0.2) is 4.39 Å². The van der Waals surface area contributed by atoms with Crippen LogP contribution in [0.2, 0.25) is 0 Å². The van der Waals surface area contributed by atoms with Gasteiger partial charge in [0.15, 0.2) is 0 Å². The number of nitrogens with zero attached hydrogens (tertiary/aromatic N) is 1. The number of hydrogen-bond donors (Lipinski definition) is 1. The van der Waals surface area contributed by atoms with Crippen LogP contribution in [-0.4, -0.2) is 35.0 Å². The molecule has 0 aromatic heterocycles. The average Bonchev–Trinajstić information content (AvgIpc) is 2.90. The average molecular weight is 277 g/mol. The fourth-order valence-electron chi connectivity index (χ4n) is 2.27. The monoisotopic (exact) mass is 277 g/mol. The zero-order chi connectivity index (χ0) is 14.7. The summed E-state index contributed by atoms with van der Waals surface area (Å²) in [5.74, 6) is -1.83. The second-order valence-electron chi connectivity index (χ2n) is 4.95.